The Kier molecular flexibility index (Phi) is 6.07. The molecular formula is C23H26N6O3. The van der Waals surface area contributed by atoms with Crippen LogP contribution in [0.4, 0.5) is 22.2 Å². The third-order valence-electron chi connectivity index (χ3n) is 5.72. The quantitative estimate of drug-likeness (QED) is 0.636. The maximum Gasteiger partial charge on any atom is 0.407 e. The van der Waals surface area contributed by atoms with Crippen molar-refractivity contribution < 1.29 is 9.90 Å². The smallest absolute Gasteiger partial charge is 0.407 e. The van der Waals surface area contributed by atoms with Crippen LogP contribution in [-0.4, -0.2) is 56.8 Å². The van der Waals surface area contributed by atoms with E-state index >= 15 is 0 Å². The van der Waals surface area contributed by atoms with Crippen LogP contribution in [0, 0.1) is 0 Å². The number of amides is 1. The Morgan fingerprint density at radius 2 is 1.91 bits per heavy atom. The lowest BCUT2D eigenvalue weighted by atomic mass is 10.1. The van der Waals surface area contributed by atoms with Gasteiger partial charge in [0, 0.05) is 51.2 Å². The largest absolute Gasteiger partial charge is 0.465 e. The maximum atomic E-state index is 12.7. The lowest BCUT2D eigenvalue weighted by Gasteiger charge is -2.30. The van der Waals surface area contributed by atoms with Gasteiger partial charge in [0.2, 0.25) is 5.95 Å². The third-order valence-corrected chi connectivity index (χ3v) is 5.72. The van der Waals surface area contributed by atoms with Crippen molar-refractivity contribution in [3.63, 3.8) is 0 Å². The minimum absolute atomic E-state index is 0.0638. The first-order valence-electron chi connectivity index (χ1n) is 10.5. The van der Waals surface area contributed by atoms with E-state index in [1.165, 1.54) is 4.90 Å². The number of hydrogen-bond acceptors (Lipinski definition) is 6. The summed E-state index contributed by atoms with van der Waals surface area (Å²) in [7, 11) is 3.63. The molecule has 0 radical (unpaired) electrons. The van der Waals surface area contributed by atoms with E-state index in [2.05, 4.69) is 15.3 Å². The molecule has 0 atom stereocenters. The number of piperidine rings is 1. The van der Waals surface area contributed by atoms with Crippen LogP contribution < -0.4 is 15.8 Å². The average molecular weight is 435 g/mol. The van der Waals surface area contributed by atoms with Crippen molar-refractivity contribution in [2.45, 2.75) is 18.9 Å². The van der Waals surface area contributed by atoms with Crippen molar-refractivity contribution in [1.29, 1.82) is 0 Å². The Morgan fingerprint density at radius 3 is 2.59 bits per heavy atom. The molecule has 1 aliphatic heterocycles. The van der Waals surface area contributed by atoms with Crippen molar-refractivity contribution in [2.24, 2.45) is 7.05 Å². The second kappa shape index (κ2) is 9.09. The Morgan fingerprint density at radius 1 is 1.19 bits per heavy atom. The summed E-state index contributed by atoms with van der Waals surface area (Å²) in [6.07, 6.45) is 4.00. The number of carboxylic acid groups (broad SMARTS) is 1. The van der Waals surface area contributed by atoms with E-state index in [1.54, 1.807) is 24.0 Å². The molecule has 2 N–H and O–H groups in total. The van der Waals surface area contributed by atoms with Gasteiger partial charge in [0.1, 0.15) is 5.82 Å². The van der Waals surface area contributed by atoms with Crippen molar-refractivity contribution in [3.8, 4) is 11.1 Å². The highest BCUT2D eigenvalue weighted by Crippen LogP contribution is 2.26. The van der Waals surface area contributed by atoms with Crippen molar-refractivity contribution in [1.82, 2.24) is 19.4 Å². The summed E-state index contributed by atoms with van der Waals surface area (Å²) in [6.45, 7) is 0.986. The van der Waals surface area contributed by atoms with Crippen LogP contribution in [0.25, 0.3) is 11.1 Å². The molecule has 9 heteroatoms. The van der Waals surface area contributed by atoms with Gasteiger partial charge in [0.05, 0.1) is 5.69 Å². The van der Waals surface area contributed by atoms with E-state index in [-0.39, 0.29) is 11.6 Å². The number of anilines is 3. The molecule has 4 rings (SSSR count). The molecule has 32 heavy (non-hydrogen) atoms. The zero-order chi connectivity index (χ0) is 22.7. The van der Waals surface area contributed by atoms with Crippen LogP contribution in [0.15, 0.2) is 59.7 Å². The van der Waals surface area contributed by atoms with Crippen LogP contribution in [0.2, 0.25) is 0 Å². The second-order valence-corrected chi connectivity index (χ2v) is 7.88. The van der Waals surface area contributed by atoms with Crippen LogP contribution in [0.5, 0.6) is 0 Å². The van der Waals surface area contributed by atoms with E-state index in [0.717, 1.165) is 11.3 Å². The van der Waals surface area contributed by atoms with E-state index < -0.39 is 6.09 Å². The summed E-state index contributed by atoms with van der Waals surface area (Å²) in [5.74, 6) is 1.18. The number of carbonyl (C=O) groups is 1. The summed E-state index contributed by atoms with van der Waals surface area (Å²) in [6, 6.07) is 13.4. The van der Waals surface area contributed by atoms with Crippen molar-refractivity contribution >= 4 is 23.5 Å². The first kappa shape index (κ1) is 21.4. The predicted octanol–water partition coefficient (Wildman–Crippen LogP) is 3.16. The van der Waals surface area contributed by atoms with Gasteiger partial charge in [-0.2, -0.15) is 4.98 Å². The lowest BCUT2D eigenvalue weighted by molar-refractivity contribution is 0.133. The Balaban J connectivity index is 1.54. The van der Waals surface area contributed by atoms with Gasteiger partial charge in [-0.15, -0.1) is 0 Å². The fraction of sp³-hybridized carbons (Fsp3) is 0.304. The predicted molar refractivity (Wildman–Crippen MR) is 123 cm³/mol. The van der Waals surface area contributed by atoms with E-state index in [1.807, 2.05) is 54.4 Å². The highest BCUT2D eigenvalue weighted by molar-refractivity contribution is 5.70. The highest BCUT2D eigenvalue weighted by Gasteiger charge is 2.23. The zero-order valence-corrected chi connectivity index (χ0v) is 18.1. The van der Waals surface area contributed by atoms with E-state index in [4.69, 9.17) is 5.11 Å². The van der Waals surface area contributed by atoms with E-state index in [9.17, 15) is 9.59 Å². The third kappa shape index (κ3) is 4.56. The molecule has 3 aromatic rings. The Bertz CT molecular complexity index is 1160. The number of nitrogens with one attached hydrogen (secondary N) is 1. The van der Waals surface area contributed by atoms with Gasteiger partial charge in [-0.3, -0.25) is 4.79 Å². The molecule has 3 heterocycles. The topological polar surface area (TPSA) is 104 Å². The van der Waals surface area contributed by atoms with Crippen molar-refractivity contribution in [3.05, 3.63) is 65.2 Å². The minimum atomic E-state index is -0.879. The zero-order valence-electron chi connectivity index (χ0n) is 18.1. The molecule has 1 aliphatic rings. The first-order chi connectivity index (χ1) is 15.4. The van der Waals surface area contributed by atoms with Crippen LogP contribution >= 0.6 is 0 Å². The van der Waals surface area contributed by atoms with Crippen LogP contribution in [0.1, 0.15) is 12.8 Å². The molecule has 9 nitrogen and oxygen atoms in total. The molecule has 0 saturated carbocycles. The molecule has 1 fully saturated rings. The number of hydrogen-bond donors (Lipinski definition) is 2. The maximum absolute atomic E-state index is 12.7. The van der Waals surface area contributed by atoms with Crippen LogP contribution in [0.3, 0.4) is 0 Å². The molecule has 2 aromatic heterocycles. The standard InChI is InChI=1S/C23H26N6O3/c1-27-15-18(14-19(21(27)30)16-6-4-3-5-7-16)28(2)20-8-11-24-22(26-20)25-17-9-12-29(13-10-17)23(31)32/h3-8,11,14-15,17H,9-10,12-13H2,1-2H3,(H,31,32)(H,24,25,26). The molecule has 0 aliphatic carbocycles. The minimum Gasteiger partial charge on any atom is -0.465 e. The summed E-state index contributed by atoms with van der Waals surface area (Å²) in [5.41, 5.74) is 2.24. The summed E-state index contributed by atoms with van der Waals surface area (Å²) in [5, 5.41) is 12.4. The van der Waals surface area contributed by atoms with Gasteiger partial charge < -0.3 is 24.8 Å². The molecule has 1 aromatic carbocycles. The molecule has 0 spiro atoms. The molecule has 0 unspecified atom stereocenters. The summed E-state index contributed by atoms with van der Waals surface area (Å²) in [4.78, 5) is 36.1. The van der Waals surface area contributed by atoms with Gasteiger partial charge in [-0.25, -0.2) is 9.78 Å². The number of rotatable bonds is 5. The SMILES string of the molecule is CN(c1cc(-c2ccccc2)c(=O)n(C)c1)c1ccnc(NC2CCN(C(=O)O)CC2)n1. The highest BCUT2D eigenvalue weighted by atomic mass is 16.4. The summed E-state index contributed by atoms with van der Waals surface area (Å²) < 4.78 is 1.57. The van der Waals surface area contributed by atoms with Crippen LogP contribution in [-0.2, 0) is 7.05 Å². The number of likely N-dealkylation sites (tertiary alicyclic amines) is 1. The fourth-order valence-corrected chi connectivity index (χ4v) is 3.84. The molecule has 1 amide bonds. The second-order valence-electron chi connectivity index (χ2n) is 7.88. The van der Waals surface area contributed by atoms with Crippen molar-refractivity contribution in [2.75, 3.05) is 30.4 Å². The number of pyridine rings is 1. The Hall–Kier alpha value is -3.88. The van der Waals surface area contributed by atoms with Gasteiger partial charge in [-0.1, -0.05) is 30.3 Å². The number of benzene rings is 1. The van der Waals surface area contributed by atoms with Gasteiger partial charge in [0.25, 0.3) is 5.56 Å². The molecular weight excluding hydrogens is 408 g/mol. The van der Waals surface area contributed by atoms with Gasteiger partial charge >= 0.3 is 6.09 Å². The monoisotopic (exact) mass is 434 g/mol. The fourth-order valence-electron chi connectivity index (χ4n) is 3.84. The number of aromatic nitrogens is 3. The lowest BCUT2D eigenvalue weighted by Crippen LogP contribution is -2.41. The van der Waals surface area contributed by atoms with Gasteiger partial charge in [-0.05, 0) is 30.5 Å². The average Bonchev–Trinajstić information content (AvgIpc) is 2.81. The van der Waals surface area contributed by atoms with E-state index in [0.29, 0.717) is 43.3 Å². The normalized spacial score (nSPS) is 14.2. The summed E-state index contributed by atoms with van der Waals surface area (Å²) >= 11 is 0. The Labute approximate surface area is 186 Å². The number of aryl methyl sites for hydroxylation is 1. The molecule has 0 bridgehead atoms. The van der Waals surface area contributed by atoms with Gasteiger partial charge in [0.15, 0.2) is 0 Å². The molecule has 166 valence electrons. The first-order valence-corrected chi connectivity index (χ1v) is 10.5. The number of nitrogens with zero attached hydrogens (tertiary/aromatic N) is 5. The molecule has 1 saturated heterocycles.